The Balaban J connectivity index is 1.73. The molecule has 2 rings (SSSR count). The van der Waals surface area contributed by atoms with Gasteiger partial charge in [-0.2, -0.15) is 0 Å². The van der Waals surface area contributed by atoms with Crippen molar-refractivity contribution in [2.45, 2.75) is 38.5 Å². The van der Waals surface area contributed by atoms with Crippen molar-refractivity contribution < 1.29 is 14.3 Å². The van der Waals surface area contributed by atoms with Gasteiger partial charge in [0.15, 0.2) is 0 Å². The zero-order valence-electron chi connectivity index (χ0n) is 11.0. The lowest BCUT2D eigenvalue weighted by molar-refractivity contribution is 0.0811. The molecule has 0 radical (unpaired) electrons. The van der Waals surface area contributed by atoms with Gasteiger partial charge in [0, 0.05) is 0 Å². The Kier molecular flexibility index (Phi) is 4.84. The predicted molar refractivity (Wildman–Crippen MR) is 72.5 cm³/mol. The van der Waals surface area contributed by atoms with E-state index in [-0.39, 0.29) is 18.8 Å². The highest BCUT2D eigenvalue weighted by Gasteiger charge is 2.21. The van der Waals surface area contributed by atoms with Crippen LogP contribution in [0.15, 0.2) is 42.7 Å². The third kappa shape index (κ3) is 4.32. The Morgan fingerprint density at radius 2 is 2.26 bits per heavy atom. The summed E-state index contributed by atoms with van der Waals surface area (Å²) in [7, 11) is 0. The van der Waals surface area contributed by atoms with Gasteiger partial charge < -0.3 is 14.8 Å². The van der Waals surface area contributed by atoms with Gasteiger partial charge >= 0.3 is 6.09 Å². The van der Waals surface area contributed by atoms with Crippen molar-refractivity contribution in [2.75, 3.05) is 0 Å². The van der Waals surface area contributed by atoms with Gasteiger partial charge in [-0.1, -0.05) is 30.3 Å². The molecule has 1 aromatic carbocycles. The summed E-state index contributed by atoms with van der Waals surface area (Å²) in [5, 5.41) is 2.80. The van der Waals surface area contributed by atoms with Crippen LogP contribution in [-0.2, 0) is 16.1 Å². The van der Waals surface area contributed by atoms with Crippen LogP contribution in [0.25, 0.3) is 0 Å². The van der Waals surface area contributed by atoms with Crippen molar-refractivity contribution in [1.82, 2.24) is 5.32 Å². The summed E-state index contributed by atoms with van der Waals surface area (Å²) >= 11 is 0. The Bertz CT molecular complexity index is 430. The van der Waals surface area contributed by atoms with Crippen molar-refractivity contribution in [3.63, 3.8) is 0 Å². The summed E-state index contributed by atoms with van der Waals surface area (Å²) in [6.45, 7) is 2.21. The molecule has 19 heavy (non-hydrogen) atoms. The number of allylic oxidation sites excluding steroid dienone is 1. The number of amides is 1. The highest BCUT2D eigenvalue weighted by molar-refractivity contribution is 5.67. The number of ether oxygens (including phenoxy) is 2. The first-order valence-corrected chi connectivity index (χ1v) is 6.53. The molecule has 1 aromatic rings. The van der Waals surface area contributed by atoms with Gasteiger partial charge in [-0.05, 0) is 31.4 Å². The summed E-state index contributed by atoms with van der Waals surface area (Å²) in [6, 6.07) is 9.55. The molecule has 0 unspecified atom stereocenters. The van der Waals surface area contributed by atoms with Gasteiger partial charge in [-0.15, -0.1) is 0 Å². The molecule has 0 aromatic heterocycles. The topological polar surface area (TPSA) is 47.6 Å². The third-order valence-electron chi connectivity index (χ3n) is 3.08. The molecule has 4 heteroatoms. The Labute approximate surface area is 113 Å². The maximum Gasteiger partial charge on any atom is 0.407 e. The molecular weight excluding hydrogens is 242 g/mol. The summed E-state index contributed by atoms with van der Waals surface area (Å²) in [4.78, 5) is 11.7. The molecule has 2 atom stereocenters. The van der Waals surface area contributed by atoms with Gasteiger partial charge in [-0.3, -0.25) is 0 Å². The Morgan fingerprint density at radius 1 is 1.47 bits per heavy atom. The monoisotopic (exact) mass is 261 g/mol. The van der Waals surface area contributed by atoms with E-state index < -0.39 is 6.09 Å². The van der Waals surface area contributed by atoms with Crippen molar-refractivity contribution in [1.29, 1.82) is 0 Å². The fourth-order valence-electron chi connectivity index (χ4n) is 1.96. The van der Waals surface area contributed by atoms with E-state index in [1.807, 2.05) is 43.3 Å². The summed E-state index contributed by atoms with van der Waals surface area (Å²) < 4.78 is 10.6. The second kappa shape index (κ2) is 6.83. The molecule has 1 N–H and O–H groups in total. The van der Waals surface area contributed by atoms with Crippen LogP contribution in [0.5, 0.6) is 0 Å². The molecule has 1 heterocycles. The Morgan fingerprint density at radius 3 is 2.95 bits per heavy atom. The molecule has 4 nitrogen and oxygen atoms in total. The largest absolute Gasteiger partial charge is 0.496 e. The zero-order valence-corrected chi connectivity index (χ0v) is 11.0. The Hall–Kier alpha value is -1.97. The minimum atomic E-state index is -0.408. The molecule has 1 aliphatic rings. The first kappa shape index (κ1) is 13.5. The van der Waals surface area contributed by atoms with Gasteiger partial charge in [0.1, 0.15) is 12.7 Å². The quantitative estimate of drug-likeness (QED) is 0.906. The lowest BCUT2D eigenvalue weighted by Crippen LogP contribution is -2.42. The van der Waals surface area contributed by atoms with Gasteiger partial charge in [0.25, 0.3) is 0 Å². The molecule has 0 bridgehead atoms. The minimum Gasteiger partial charge on any atom is -0.496 e. The molecule has 1 amide bonds. The van der Waals surface area contributed by atoms with E-state index in [2.05, 4.69) is 5.32 Å². The van der Waals surface area contributed by atoms with E-state index in [4.69, 9.17) is 9.47 Å². The maximum atomic E-state index is 11.7. The highest BCUT2D eigenvalue weighted by Crippen LogP contribution is 2.13. The summed E-state index contributed by atoms with van der Waals surface area (Å²) in [5.74, 6) is 0. The standard InChI is InChI=1S/C15H19NO3/c1-12(14-9-5-6-10-18-14)16-15(17)19-11-13-7-3-2-4-8-13/h2-4,6-8,10,12,14H,5,9,11H2,1H3,(H,16,17)/t12-,14+/m1/s1. The van der Waals surface area contributed by atoms with Crippen LogP contribution in [0.4, 0.5) is 4.79 Å². The van der Waals surface area contributed by atoms with Gasteiger partial charge in [0.05, 0.1) is 12.3 Å². The number of nitrogens with one attached hydrogen (secondary N) is 1. The smallest absolute Gasteiger partial charge is 0.407 e. The third-order valence-corrected chi connectivity index (χ3v) is 3.08. The fraction of sp³-hybridized carbons (Fsp3) is 0.400. The first-order valence-electron chi connectivity index (χ1n) is 6.53. The SMILES string of the molecule is C[C@@H](NC(=O)OCc1ccccc1)[C@@H]1CCC=CO1. The normalized spacial score (nSPS) is 19.3. The number of alkyl carbamates (subject to hydrolysis) is 1. The van der Waals surface area contributed by atoms with E-state index in [0.717, 1.165) is 18.4 Å². The molecule has 0 spiro atoms. The molecule has 0 aliphatic carbocycles. The van der Waals surface area contributed by atoms with Crippen molar-refractivity contribution in [2.24, 2.45) is 0 Å². The van der Waals surface area contributed by atoms with Crippen LogP contribution in [-0.4, -0.2) is 18.2 Å². The molecular formula is C15H19NO3. The molecule has 102 valence electrons. The molecule has 1 aliphatic heterocycles. The summed E-state index contributed by atoms with van der Waals surface area (Å²) in [5.41, 5.74) is 0.974. The number of benzene rings is 1. The number of hydrogen-bond acceptors (Lipinski definition) is 3. The molecule has 0 fully saturated rings. The van der Waals surface area contributed by atoms with Crippen molar-refractivity contribution in [3.05, 3.63) is 48.2 Å². The van der Waals surface area contributed by atoms with Crippen LogP contribution in [0.1, 0.15) is 25.3 Å². The van der Waals surface area contributed by atoms with Crippen LogP contribution in [0.3, 0.4) is 0 Å². The minimum absolute atomic E-state index is 0.0225. The van der Waals surface area contributed by atoms with E-state index in [9.17, 15) is 4.79 Å². The second-order valence-electron chi connectivity index (χ2n) is 4.62. The highest BCUT2D eigenvalue weighted by atomic mass is 16.5. The average Bonchev–Trinajstić information content (AvgIpc) is 2.47. The van der Waals surface area contributed by atoms with E-state index >= 15 is 0 Å². The van der Waals surface area contributed by atoms with E-state index in [1.165, 1.54) is 0 Å². The number of carbonyl (C=O) groups is 1. The number of carbonyl (C=O) groups excluding carboxylic acids is 1. The molecule has 0 saturated carbocycles. The predicted octanol–water partition coefficient (Wildman–Crippen LogP) is 2.99. The lowest BCUT2D eigenvalue weighted by atomic mass is 10.1. The van der Waals surface area contributed by atoms with Crippen LogP contribution < -0.4 is 5.32 Å². The zero-order chi connectivity index (χ0) is 13.5. The van der Waals surface area contributed by atoms with Crippen LogP contribution in [0, 0.1) is 0 Å². The maximum absolute atomic E-state index is 11.7. The number of hydrogen-bond donors (Lipinski definition) is 1. The van der Waals surface area contributed by atoms with Crippen LogP contribution >= 0.6 is 0 Å². The molecule has 0 saturated heterocycles. The number of rotatable bonds is 4. The van der Waals surface area contributed by atoms with E-state index in [1.54, 1.807) is 6.26 Å². The van der Waals surface area contributed by atoms with E-state index in [0.29, 0.717) is 0 Å². The van der Waals surface area contributed by atoms with Crippen molar-refractivity contribution >= 4 is 6.09 Å². The van der Waals surface area contributed by atoms with Gasteiger partial charge in [-0.25, -0.2) is 4.79 Å². The summed E-state index contributed by atoms with van der Waals surface area (Å²) in [6.07, 6.45) is 5.19. The second-order valence-corrected chi connectivity index (χ2v) is 4.62. The van der Waals surface area contributed by atoms with Gasteiger partial charge in [0.2, 0.25) is 0 Å². The lowest BCUT2D eigenvalue weighted by Gasteiger charge is -2.25. The first-order chi connectivity index (χ1) is 9.25. The average molecular weight is 261 g/mol. The van der Waals surface area contributed by atoms with Crippen LogP contribution in [0.2, 0.25) is 0 Å². The van der Waals surface area contributed by atoms with Crippen molar-refractivity contribution in [3.8, 4) is 0 Å². The fourth-order valence-corrected chi connectivity index (χ4v) is 1.96.